The molecule has 19 heavy (non-hydrogen) atoms. The van der Waals surface area contributed by atoms with Crippen molar-refractivity contribution in [1.29, 1.82) is 0 Å². The van der Waals surface area contributed by atoms with Gasteiger partial charge in [-0.3, -0.25) is 9.59 Å². The van der Waals surface area contributed by atoms with Crippen molar-refractivity contribution in [2.24, 2.45) is 5.73 Å². The molecule has 0 aliphatic carbocycles. The molecule has 4 N–H and O–H groups in total. The van der Waals surface area contributed by atoms with Crippen LogP contribution in [-0.2, 0) is 22.6 Å². The molecule has 0 aliphatic rings. The van der Waals surface area contributed by atoms with Gasteiger partial charge in [0.15, 0.2) is 5.78 Å². The molecule has 0 bridgehead atoms. The molecule has 0 aromatic heterocycles. The minimum Gasteiger partial charge on any atom is -0.392 e. The normalized spacial score (nSPS) is 13.7. The van der Waals surface area contributed by atoms with E-state index in [0.29, 0.717) is 0 Å². The van der Waals surface area contributed by atoms with E-state index in [1.807, 2.05) is 0 Å². The topological polar surface area (TPSA) is 92.4 Å². The van der Waals surface area contributed by atoms with Crippen molar-refractivity contribution in [1.82, 2.24) is 5.32 Å². The van der Waals surface area contributed by atoms with E-state index < -0.39 is 12.1 Å². The lowest BCUT2D eigenvalue weighted by Crippen LogP contribution is -2.46. The van der Waals surface area contributed by atoms with E-state index in [4.69, 9.17) is 10.8 Å². The molecule has 5 nitrogen and oxygen atoms in total. The average Bonchev–Trinajstić information content (AvgIpc) is 2.39. The van der Waals surface area contributed by atoms with E-state index in [9.17, 15) is 9.59 Å². The molecule has 0 spiro atoms. The number of benzene rings is 1. The minimum absolute atomic E-state index is 0.0188. The monoisotopic (exact) mass is 264 g/mol. The lowest BCUT2D eigenvalue weighted by Gasteiger charge is -2.14. The molecule has 0 aliphatic heterocycles. The third kappa shape index (κ3) is 4.81. The summed E-state index contributed by atoms with van der Waals surface area (Å²) in [6.45, 7) is 3.19. The number of carbonyl (C=O) groups is 2. The Bertz CT molecular complexity index is 441. The Morgan fingerprint density at radius 2 is 1.74 bits per heavy atom. The van der Waals surface area contributed by atoms with Gasteiger partial charge in [0, 0.05) is 6.42 Å². The highest BCUT2D eigenvalue weighted by atomic mass is 16.3. The highest BCUT2D eigenvalue weighted by molar-refractivity contribution is 5.91. The van der Waals surface area contributed by atoms with Gasteiger partial charge in [-0.15, -0.1) is 0 Å². The number of ketones is 1. The van der Waals surface area contributed by atoms with E-state index in [1.165, 1.54) is 0 Å². The molecule has 0 radical (unpaired) electrons. The van der Waals surface area contributed by atoms with Gasteiger partial charge in [-0.25, -0.2) is 0 Å². The fraction of sp³-hybridized carbons (Fsp3) is 0.429. The van der Waals surface area contributed by atoms with Gasteiger partial charge in [0.2, 0.25) is 5.91 Å². The molecule has 5 heteroatoms. The summed E-state index contributed by atoms with van der Waals surface area (Å²) in [6.07, 6.45) is 0.242. The van der Waals surface area contributed by atoms with Gasteiger partial charge in [-0.05, 0) is 25.0 Å². The Morgan fingerprint density at radius 1 is 1.21 bits per heavy atom. The molecule has 0 saturated heterocycles. The maximum atomic E-state index is 11.9. The molecule has 1 aromatic carbocycles. The Morgan fingerprint density at radius 3 is 2.21 bits per heavy atom. The van der Waals surface area contributed by atoms with Crippen LogP contribution in [0.15, 0.2) is 24.3 Å². The molecule has 1 amide bonds. The lowest BCUT2D eigenvalue weighted by atomic mass is 10.0. The predicted molar refractivity (Wildman–Crippen MR) is 72.3 cm³/mol. The lowest BCUT2D eigenvalue weighted by molar-refractivity contribution is -0.127. The summed E-state index contributed by atoms with van der Waals surface area (Å²) in [5, 5.41) is 11.5. The fourth-order valence-electron chi connectivity index (χ4n) is 1.54. The van der Waals surface area contributed by atoms with Gasteiger partial charge in [-0.1, -0.05) is 24.3 Å². The molecule has 0 saturated carbocycles. The minimum atomic E-state index is -0.626. The van der Waals surface area contributed by atoms with E-state index >= 15 is 0 Å². The van der Waals surface area contributed by atoms with Gasteiger partial charge in [0.05, 0.1) is 18.7 Å². The van der Waals surface area contributed by atoms with E-state index in [-0.39, 0.29) is 24.7 Å². The van der Waals surface area contributed by atoms with Gasteiger partial charge in [0.1, 0.15) is 0 Å². The zero-order valence-electron chi connectivity index (χ0n) is 11.2. The van der Waals surface area contributed by atoms with Gasteiger partial charge in [-0.2, -0.15) is 0 Å². The number of rotatable bonds is 6. The van der Waals surface area contributed by atoms with Crippen molar-refractivity contribution >= 4 is 11.7 Å². The van der Waals surface area contributed by atoms with Crippen LogP contribution in [0.3, 0.4) is 0 Å². The summed E-state index contributed by atoms with van der Waals surface area (Å²) in [5.41, 5.74) is 7.07. The molecule has 104 valence electrons. The van der Waals surface area contributed by atoms with Crippen LogP contribution in [-0.4, -0.2) is 28.9 Å². The average molecular weight is 264 g/mol. The number of nitrogens with one attached hydrogen (secondary N) is 1. The maximum Gasteiger partial charge on any atom is 0.237 e. The fourth-order valence-corrected chi connectivity index (χ4v) is 1.54. The molecular formula is C14H20N2O3. The number of aliphatic hydroxyl groups is 1. The first-order valence-electron chi connectivity index (χ1n) is 6.21. The zero-order valence-corrected chi connectivity index (χ0v) is 11.2. The van der Waals surface area contributed by atoms with E-state index in [1.54, 1.807) is 38.1 Å². The summed E-state index contributed by atoms with van der Waals surface area (Å²) >= 11 is 0. The maximum absolute atomic E-state index is 11.9. The number of aliphatic hydroxyl groups excluding tert-OH is 1. The number of amides is 1. The number of Topliss-reactive ketones (excluding diaryl/α,β-unsaturated/α-hetero) is 1. The molecule has 2 atom stereocenters. The van der Waals surface area contributed by atoms with Crippen LogP contribution < -0.4 is 11.1 Å². The predicted octanol–water partition coefficient (Wildman–Crippen LogP) is 0.142. The number of hydrogen-bond acceptors (Lipinski definition) is 4. The largest absolute Gasteiger partial charge is 0.392 e. The van der Waals surface area contributed by atoms with Crippen LogP contribution >= 0.6 is 0 Å². The smallest absolute Gasteiger partial charge is 0.237 e. The summed E-state index contributed by atoms with van der Waals surface area (Å²) in [4.78, 5) is 23.3. The van der Waals surface area contributed by atoms with Crippen molar-refractivity contribution in [3.05, 3.63) is 35.4 Å². The quantitative estimate of drug-likeness (QED) is 0.681. The Hall–Kier alpha value is -1.72. The summed E-state index contributed by atoms with van der Waals surface area (Å²) in [7, 11) is 0. The number of nitrogens with two attached hydrogens (primary N) is 1. The molecule has 1 rings (SSSR count). The van der Waals surface area contributed by atoms with Crippen LogP contribution in [0, 0.1) is 0 Å². The zero-order chi connectivity index (χ0) is 14.4. The van der Waals surface area contributed by atoms with Crippen LogP contribution in [0.2, 0.25) is 0 Å². The van der Waals surface area contributed by atoms with Gasteiger partial charge in [0.25, 0.3) is 0 Å². The highest BCUT2D eigenvalue weighted by Crippen LogP contribution is 2.06. The van der Waals surface area contributed by atoms with Crippen LogP contribution in [0.4, 0.5) is 0 Å². The summed E-state index contributed by atoms with van der Waals surface area (Å²) in [6, 6.07) is 5.95. The first-order chi connectivity index (χ1) is 8.93. The van der Waals surface area contributed by atoms with Gasteiger partial charge >= 0.3 is 0 Å². The number of carbonyl (C=O) groups excluding carboxylic acids is 2. The van der Waals surface area contributed by atoms with Crippen LogP contribution in [0.25, 0.3) is 0 Å². The highest BCUT2D eigenvalue weighted by Gasteiger charge is 2.17. The second-order valence-electron chi connectivity index (χ2n) is 4.64. The molecule has 0 heterocycles. The molecule has 0 fully saturated rings. The van der Waals surface area contributed by atoms with E-state index in [2.05, 4.69) is 5.32 Å². The van der Waals surface area contributed by atoms with Gasteiger partial charge < -0.3 is 16.2 Å². The molecule has 1 unspecified atom stereocenters. The first kappa shape index (κ1) is 15.3. The standard InChI is InChI=1S/C14H20N2O3/c1-9(15)14(19)16-10(2)13(18)7-11-3-5-12(8-17)6-4-11/h3-6,9-10,17H,7-8,15H2,1-2H3,(H,16,19)/t9-,10?/m1/s1. The second kappa shape index (κ2) is 7.01. The first-order valence-corrected chi connectivity index (χ1v) is 6.21. The van der Waals surface area contributed by atoms with Crippen molar-refractivity contribution in [3.63, 3.8) is 0 Å². The molecular weight excluding hydrogens is 244 g/mol. The Kier molecular flexibility index (Phi) is 5.66. The summed E-state index contributed by atoms with van der Waals surface area (Å²) < 4.78 is 0. The third-order valence-corrected chi connectivity index (χ3v) is 2.84. The second-order valence-corrected chi connectivity index (χ2v) is 4.64. The van der Waals surface area contributed by atoms with E-state index in [0.717, 1.165) is 11.1 Å². The van der Waals surface area contributed by atoms with Crippen molar-refractivity contribution in [2.75, 3.05) is 0 Å². The Labute approximate surface area is 112 Å². The van der Waals surface area contributed by atoms with Crippen LogP contribution in [0.1, 0.15) is 25.0 Å². The molecule has 1 aromatic rings. The van der Waals surface area contributed by atoms with Crippen molar-refractivity contribution in [3.8, 4) is 0 Å². The SMILES string of the molecule is CC(NC(=O)[C@@H](C)N)C(=O)Cc1ccc(CO)cc1. The third-order valence-electron chi connectivity index (χ3n) is 2.84. The Balaban J connectivity index is 2.55. The summed E-state index contributed by atoms with van der Waals surface area (Å²) in [5.74, 6) is -0.415. The number of hydrogen-bond donors (Lipinski definition) is 3. The van der Waals surface area contributed by atoms with Crippen molar-refractivity contribution < 1.29 is 14.7 Å². The van der Waals surface area contributed by atoms with Crippen molar-refractivity contribution in [2.45, 2.75) is 39.0 Å². The van der Waals surface area contributed by atoms with Crippen LogP contribution in [0.5, 0.6) is 0 Å².